The summed E-state index contributed by atoms with van der Waals surface area (Å²) in [6.07, 6.45) is 3.33. The summed E-state index contributed by atoms with van der Waals surface area (Å²) in [4.78, 5) is 7.65. The van der Waals surface area contributed by atoms with E-state index < -0.39 is 0 Å². The molecule has 2 heterocycles. The van der Waals surface area contributed by atoms with Crippen molar-refractivity contribution < 1.29 is 0 Å². The molecular formula is C17H23BrN4. The molecule has 0 saturated heterocycles. The van der Waals surface area contributed by atoms with Crippen LogP contribution in [0.15, 0.2) is 59.9 Å². The highest BCUT2D eigenvalue weighted by Crippen LogP contribution is 2.11. The summed E-state index contributed by atoms with van der Waals surface area (Å²) in [6.45, 7) is 13.2. The van der Waals surface area contributed by atoms with E-state index in [4.69, 9.17) is 11.5 Å². The Hall–Kier alpha value is -2.14. The van der Waals surface area contributed by atoms with Crippen LogP contribution in [-0.2, 0) is 0 Å². The summed E-state index contributed by atoms with van der Waals surface area (Å²) < 4.78 is 0.963. The lowest BCUT2D eigenvalue weighted by Gasteiger charge is -1.98. The van der Waals surface area contributed by atoms with Gasteiger partial charge in [0.2, 0.25) is 0 Å². The van der Waals surface area contributed by atoms with Gasteiger partial charge in [0.25, 0.3) is 0 Å². The Bertz CT molecular complexity index is 602. The molecule has 0 unspecified atom stereocenters. The van der Waals surface area contributed by atoms with Gasteiger partial charge in [0.1, 0.15) is 11.6 Å². The van der Waals surface area contributed by atoms with E-state index in [1.807, 2.05) is 39.0 Å². The van der Waals surface area contributed by atoms with Gasteiger partial charge in [-0.1, -0.05) is 33.7 Å². The molecule has 0 aliphatic heterocycles. The number of pyridine rings is 2. The van der Waals surface area contributed by atoms with Gasteiger partial charge in [-0.25, -0.2) is 9.97 Å². The maximum atomic E-state index is 5.44. The number of anilines is 2. The van der Waals surface area contributed by atoms with Crippen LogP contribution in [-0.4, -0.2) is 9.97 Å². The molecule has 0 aliphatic carbocycles. The standard InChI is InChI=1S/C8H10N2.C5H5BrN2.C4H8/c1-6(2)7-3-4-10-8(9)5-7;6-4-1-2-8-5(7)3-4;1-4(2)3/h3-5H,1H2,2H3,(H2,9,10);1-3H,(H2,7,8);1H2,2-3H3. The first-order valence-electron chi connectivity index (χ1n) is 6.59. The van der Waals surface area contributed by atoms with Gasteiger partial charge in [-0.2, -0.15) is 0 Å². The smallest absolute Gasteiger partial charge is 0.124 e. The van der Waals surface area contributed by atoms with E-state index in [1.165, 1.54) is 5.57 Å². The third-order valence-corrected chi connectivity index (χ3v) is 2.51. The lowest BCUT2D eigenvalue weighted by Crippen LogP contribution is -1.89. The molecule has 2 aromatic heterocycles. The molecule has 0 bridgehead atoms. The lowest BCUT2D eigenvalue weighted by molar-refractivity contribution is 1.32. The van der Waals surface area contributed by atoms with E-state index in [1.54, 1.807) is 18.5 Å². The van der Waals surface area contributed by atoms with Crippen molar-refractivity contribution >= 4 is 33.1 Å². The summed E-state index contributed by atoms with van der Waals surface area (Å²) in [5, 5.41) is 0. The molecule has 0 aromatic carbocycles. The number of nitrogen functional groups attached to an aromatic ring is 2. The van der Waals surface area contributed by atoms with Crippen molar-refractivity contribution in [1.82, 2.24) is 9.97 Å². The summed E-state index contributed by atoms with van der Waals surface area (Å²) in [7, 11) is 0. The van der Waals surface area contributed by atoms with Crippen molar-refractivity contribution in [1.29, 1.82) is 0 Å². The minimum atomic E-state index is 0.541. The number of hydrogen-bond donors (Lipinski definition) is 2. The molecule has 4 N–H and O–H groups in total. The second-order valence-electron chi connectivity index (χ2n) is 4.86. The zero-order valence-corrected chi connectivity index (χ0v) is 14.9. The summed E-state index contributed by atoms with van der Waals surface area (Å²) in [5.74, 6) is 1.08. The third-order valence-electron chi connectivity index (χ3n) is 2.02. The third kappa shape index (κ3) is 10.6. The van der Waals surface area contributed by atoms with Crippen molar-refractivity contribution in [3.05, 3.63) is 65.4 Å². The fourth-order valence-electron chi connectivity index (χ4n) is 1.13. The van der Waals surface area contributed by atoms with Crippen molar-refractivity contribution in [3.63, 3.8) is 0 Å². The van der Waals surface area contributed by atoms with E-state index in [9.17, 15) is 0 Å². The zero-order chi connectivity index (χ0) is 17.1. The van der Waals surface area contributed by atoms with Gasteiger partial charge in [0, 0.05) is 16.9 Å². The van der Waals surface area contributed by atoms with E-state index in [0.717, 1.165) is 15.6 Å². The predicted octanol–water partition coefficient (Wildman–Crippen LogP) is 4.71. The highest BCUT2D eigenvalue weighted by molar-refractivity contribution is 9.10. The van der Waals surface area contributed by atoms with E-state index >= 15 is 0 Å². The number of nitrogens with zero attached hydrogens (tertiary/aromatic N) is 2. The molecule has 2 rings (SSSR count). The van der Waals surface area contributed by atoms with Gasteiger partial charge in [-0.05, 0) is 50.6 Å². The molecule has 0 aliphatic rings. The Balaban J connectivity index is 0.000000330. The second-order valence-corrected chi connectivity index (χ2v) is 5.77. The second kappa shape index (κ2) is 10.6. The number of halogens is 1. The SMILES string of the molecule is C=C(C)C.C=C(C)c1ccnc(N)c1.Nc1cc(Br)ccn1. The van der Waals surface area contributed by atoms with Gasteiger partial charge in [0.15, 0.2) is 0 Å². The molecule has 5 heteroatoms. The van der Waals surface area contributed by atoms with Crippen LogP contribution >= 0.6 is 15.9 Å². The minimum Gasteiger partial charge on any atom is -0.384 e. The number of aromatic nitrogens is 2. The predicted molar refractivity (Wildman–Crippen MR) is 100 cm³/mol. The number of nitrogens with two attached hydrogens (primary N) is 2. The maximum absolute atomic E-state index is 5.44. The molecule has 4 nitrogen and oxygen atoms in total. The van der Waals surface area contributed by atoms with Gasteiger partial charge in [0.05, 0.1) is 0 Å². The van der Waals surface area contributed by atoms with Crippen molar-refractivity contribution in [2.24, 2.45) is 0 Å². The van der Waals surface area contributed by atoms with Crippen LogP contribution in [0, 0.1) is 0 Å². The first-order chi connectivity index (χ1) is 10.2. The van der Waals surface area contributed by atoms with Gasteiger partial charge < -0.3 is 11.5 Å². The Labute approximate surface area is 141 Å². The Kier molecular flexibility index (Phi) is 9.54. The van der Waals surface area contributed by atoms with E-state index in [0.29, 0.717) is 11.6 Å². The Morgan fingerprint density at radius 3 is 1.68 bits per heavy atom. The number of hydrogen-bond acceptors (Lipinski definition) is 4. The van der Waals surface area contributed by atoms with Crippen molar-refractivity contribution in [2.75, 3.05) is 11.5 Å². The maximum Gasteiger partial charge on any atom is 0.124 e. The monoisotopic (exact) mass is 362 g/mol. The van der Waals surface area contributed by atoms with Crippen LogP contribution in [0.5, 0.6) is 0 Å². The lowest BCUT2D eigenvalue weighted by atomic mass is 10.1. The average Bonchev–Trinajstić information content (AvgIpc) is 2.38. The normalized spacial score (nSPS) is 8.73. The first kappa shape index (κ1) is 19.9. The van der Waals surface area contributed by atoms with Crippen LogP contribution in [0.4, 0.5) is 11.6 Å². The topological polar surface area (TPSA) is 77.8 Å². The average molecular weight is 363 g/mol. The fourth-order valence-corrected chi connectivity index (χ4v) is 1.49. The fraction of sp³-hybridized carbons (Fsp3) is 0.176. The van der Waals surface area contributed by atoms with Crippen LogP contribution < -0.4 is 11.5 Å². The molecule has 0 atom stereocenters. The summed E-state index contributed by atoms with van der Waals surface area (Å²) in [6, 6.07) is 7.28. The molecule has 0 saturated carbocycles. The molecule has 0 spiro atoms. The molecule has 118 valence electrons. The molecular weight excluding hydrogens is 340 g/mol. The van der Waals surface area contributed by atoms with Gasteiger partial charge in [-0.15, -0.1) is 6.58 Å². The quantitative estimate of drug-likeness (QED) is 0.720. The molecule has 2 aromatic rings. The van der Waals surface area contributed by atoms with E-state index in [-0.39, 0.29) is 0 Å². The Morgan fingerprint density at radius 1 is 0.955 bits per heavy atom. The molecule has 0 amide bonds. The molecule has 22 heavy (non-hydrogen) atoms. The van der Waals surface area contributed by atoms with Crippen LogP contribution in [0.1, 0.15) is 26.3 Å². The Morgan fingerprint density at radius 2 is 1.41 bits per heavy atom. The van der Waals surface area contributed by atoms with Crippen molar-refractivity contribution in [2.45, 2.75) is 20.8 Å². The first-order valence-corrected chi connectivity index (χ1v) is 7.38. The number of rotatable bonds is 1. The van der Waals surface area contributed by atoms with Crippen LogP contribution in [0.25, 0.3) is 5.57 Å². The van der Waals surface area contributed by atoms with Crippen LogP contribution in [0.2, 0.25) is 0 Å². The molecule has 0 fully saturated rings. The van der Waals surface area contributed by atoms with Crippen molar-refractivity contribution in [3.8, 4) is 0 Å². The summed E-state index contributed by atoms with van der Waals surface area (Å²) >= 11 is 3.24. The minimum absolute atomic E-state index is 0.541. The largest absolute Gasteiger partial charge is 0.384 e. The number of allylic oxidation sites excluding steroid dienone is 2. The van der Waals surface area contributed by atoms with E-state index in [2.05, 4.69) is 39.1 Å². The molecule has 0 radical (unpaired) electrons. The highest BCUT2D eigenvalue weighted by Gasteiger charge is 1.92. The zero-order valence-electron chi connectivity index (χ0n) is 13.3. The van der Waals surface area contributed by atoms with Crippen LogP contribution in [0.3, 0.4) is 0 Å². The van der Waals surface area contributed by atoms with Gasteiger partial charge in [-0.3, -0.25) is 0 Å². The van der Waals surface area contributed by atoms with Gasteiger partial charge >= 0.3 is 0 Å². The summed E-state index contributed by atoms with van der Waals surface area (Å²) in [5.41, 5.74) is 14.0. The highest BCUT2D eigenvalue weighted by atomic mass is 79.9.